The van der Waals surface area contributed by atoms with E-state index in [9.17, 15) is 9.90 Å². The van der Waals surface area contributed by atoms with E-state index in [0.29, 0.717) is 6.54 Å². The largest absolute Gasteiger partial charge is 0.391 e. The lowest BCUT2D eigenvalue weighted by molar-refractivity contribution is -0.133. The lowest BCUT2D eigenvalue weighted by Crippen LogP contribution is -2.46. The number of amides is 1. The van der Waals surface area contributed by atoms with Crippen molar-refractivity contribution in [2.45, 2.75) is 43.5 Å². The molecule has 2 rings (SSSR count). The molecule has 0 aliphatic carbocycles. The van der Waals surface area contributed by atoms with Crippen LogP contribution in [0.25, 0.3) is 0 Å². The van der Waals surface area contributed by atoms with E-state index in [1.165, 1.54) is 12.8 Å². The Balaban J connectivity index is 1.88. The molecule has 2 aliphatic heterocycles. The minimum absolute atomic E-state index is 0.170. The van der Waals surface area contributed by atoms with Crippen molar-refractivity contribution in [2.75, 3.05) is 18.8 Å². The first kappa shape index (κ1) is 11.3. The molecule has 0 aromatic carbocycles. The number of rotatable bonds is 1. The van der Waals surface area contributed by atoms with Gasteiger partial charge in [-0.25, -0.2) is 0 Å². The van der Waals surface area contributed by atoms with Crippen molar-refractivity contribution < 1.29 is 9.90 Å². The average Bonchev–Trinajstić information content (AvgIpc) is 2.29. The first-order chi connectivity index (χ1) is 7.27. The molecule has 15 heavy (non-hydrogen) atoms. The van der Waals surface area contributed by atoms with E-state index in [-0.39, 0.29) is 17.3 Å². The van der Waals surface area contributed by atoms with Crippen molar-refractivity contribution in [3.8, 4) is 0 Å². The van der Waals surface area contributed by atoms with Gasteiger partial charge in [0.2, 0.25) is 5.91 Å². The van der Waals surface area contributed by atoms with Crippen molar-refractivity contribution in [1.29, 1.82) is 0 Å². The maximum atomic E-state index is 12.1. The van der Waals surface area contributed by atoms with Crippen LogP contribution in [-0.4, -0.2) is 46.1 Å². The third kappa shape index (κ3) is 2.88. The van der Waals surface area contributed by atoms with Crippen LogP contribution in [0.4, 0.5) is 0 Å². The van der Waals surface area contributed by atoms with E-state index < -0.39 is 0 Å². The molecule has 1 N–H and O–H groups in total. The summed E-state index contributed by atoms with van der Waals surface area (Å²) in [5.74, 6) is 1.38. The van der Waals surface area contributed by atoms with Crippen LogP contribution in [0.3, 0.4) is 0 Å². The summed E-state index contributed by atoms with van der Waals surface area (Å²) in [7, 11) is 0. The summed E-state index contributed by atoms with van der Waals surface area (Å²) in [5.41, 5.74) is 0. The summed E-state index contributed by atoms with van der Waals surface area (Å²) in [6.45, 7) is 1.39. The number of carbonyl (C=O) groups is 1. The van der Waals surface area contributed by atoms with Gasteiger partial charge in [-0.1, -0.05) is 6.42 Å². The summed E-state index contributed by atoms with van der Waals surface area (Å²) in [6.07, 6.45) is 4.95. The number of β-amino-alcohol motifs (C(OH)–C–C–N with tert-alkyl or cyclic N) is 1. The maximum Gasteiger partial charge on any atom is 0.235 e. The molecule has 4 heteroatoms. The van der Waals surface area contributed by atoms with Crippen LogP contribution in [-0.2, 0) is 4.79 Å². The van der Waals surface area contributed by atoms with Crippen molar-refractivity contribution >= 4 is 17.7 Å². The van der Waals surface area contributed by atoms with Gasteiger partial charge in [0, 0.05) is 13.1 Å². The summed E-state index contributed by atoms with van der Waals surface area (Å²) >= 11 is 1.79. The van der Waals surface area contributed by atoms with Crippen LogP contribution in [0, 0.1) is 0 Å². The molecule has 1 amide bonds. The number of carbonyl (C=O) groups excluding carboxylic acids is 1. The molecule has 86 valence electrons. The lowest BCUT2D eigenvalue weighted by atomic mass is 10.1. The number of nitrogens with zero attached hydrogens (tertiary/aromatic N) is 1. The van der Waals surface area contributed by atoms with Crippen molar-refractivity contribution in [1.82, 2.24) is 4.90 Å². The van der Waals surface area contributed by atoms with Gasteiger partial charge in [0.15, 0.2) is 0 Å². The van der Waals surface area contributed by atoms with E-state index in [2.05, 4.69) is 0 Å². The Kier molecular flexibility index (Phi) is 3.92. The van der Waals surface area contributed by atoms with Crippen LogP contribution >= 0.6 is 11.8 Å². The normalized spacial score (nSPS) is 32.7. The first-order valence-corrected chi connectivity index (χ1v) is 6.90. The molecule has 2 atom stereocenters. The van der Waals surface area contributed by atoms with Gasteiger partial charge in [0.25, 0.3) is 0 Å². The summed E-state index contributed by atoms with van der Waals surface area (Å²) in [5, 5.41) is 9.70. The van der Waals surface area contributed by atoms with E-state index in [1.807, 2.05) is 4.90 Å². The minimum Gasteiger partial charge on any atom is -0.391 e. The Morgan fingerprint density at radius 1 is 1.27 bits per heavy atom. The average molecular weight is 229 g/mol. The summed E-state index contributed by atoms with van der Waals surface area (Å²) < 4.78 is 0. The van der Waals surface area contributed by atoms with Crippen LogP contribution in [0.5, 0.6) is 0 Å². The summed E-state index contributed by atoms with van der Waals surface area (Å²) in [6, 6.07) is 0. The van der Waals surface area contributed by atoms with Crippen molar-refractivity contribution in [3.05, 3.63) is 0 Å². The Morgan fingerprint density at radius 3 is 2.80 bits per heavy atom. The van der Waals surface area contributed by atoms with Gasteiger partial charge in [-0.15, -0.1) is 11.8 Å². The number of hydrogen-bond donors (Lipinski definition) is 1. The van der Waals surface area contributed by atoms with E-state index >= 15 is 0 Å². The van der Waals surface area contributed by atoms with Gasteiger partial charge >= 0.3 is 0 Å². The molecule has 2 unspecified atom stereocenters. The molecule has 3 nitrogen and oxygen atoms in total. The standard InChI is InChI=1S/C11H19NO2S/c13-9-4-3-6-12(8-9)11(14)10-5-1-2-7-15-10/h9-10,13H,1-8H2. The molecule has 2 heterocycles. The molecule has 0 bridgehead atoms. The van der Waals surface area contributed by atoms with Crippen LogP contribution in [0.2, 0.25) is 0 Å². The highest BCUT2D eigenvalue weighted by atomic mass is 32.2. The first-order valence-electron chi connectivity index (χ1n) is 5.86. The fraction of sp³-hybridized carbons (Fsp3) is 0.909. The number of aliphatic hydroxyl groups is 1. The van der Waals surface area contributed by atoms with Crippen LogP contribution in [0.1, 0.15) is 32.1 Å². The molecule has 0 radical (unpaired) electrons. The topological polar surface area (TPSA) is 40.5 Å². The predicted molar refractivity (Wildman–Crippen MR) is 61.9 cm³/mol. The lowest BCUT2D eigenvalue weighted by Gasteiger charge is -2.33. The quantitative estimate of drug-likeness (QED) is 0.736. The number of likely N-dealkylation sites (tertiary alicyclic amines) is 1. The second kappa shape index (κ2) is 5.21. The van der Waals surface area contributed by atoms with Gasteiger partial charge in [-0.2, -0.15) is 0 Å². The second-order valence-electron chi connectivity index (χ2n) is 4.44. The highest BCUT2D eigenvalue weighted by Gasteiger charge is 2.29. The van der Waals surface area contributed by atoms with Crippen LogP contribution < -0.4 is 0 Å². The molecular weight excluding hydrogens is 210 g/mol. The molecule has 0 spiro atoms. The van der Waals surface area contributed by atoms with Gasteiger partial charge < -0.3 is 10.0 Å². The molecule has 2 fully saturated rings. The Hall–Kier alpha value is -0.220. The highest BCUT2D eigenvalue weighted by molar-refractivity contribution is 8.00. The smallest absolute Gasteiger partial charge is 0.235 e. The van der Waals surface area contributed by atoms with E-state index in [1.54, 1.807) is 11.8 Å². The zero-order valence-corrected chi connectivity index (χ0v) is 9.84. The Morgan fingerprint density at radius 2 is 2.13 bits per heavy atom. The Bertz CT molecular complexity index is 229. The van der Waals surface area contributed by atoms with Crippen molar-refractivity contribution in [3.63, 3.8) is 0 Å². The molecule has 0 aromatic rings. The zero-order chi connectivity index (χ0) is 10.7. The van der Waals surface area contributed by atoms with Gasteiger partial charge in [-0.05, 0) is 31.4 Å². The SMILES string of the molecule is O=C(C1CCCCS1)N1CCCC(O)C1. The zero-order valence-electron chi connectivity index (χ0n) is 9.02. The monoisotopic (exact) mass is 229 g/mol. The fourth-order valence-electron chi connectivity index (χ4n) is 2.29. The predicted octanol–water partition coefficient (Wildman–Crippen LogP) is 1.26. The third-order valence-corrected chi connectivity index (χ3v) is 4.53. The number of aliphatic hydroxyl groups excluding tert-OH is 1. The molecule has 2 saturated heterocycles. The van der Waals surface area contributed by atoms with Gasteiger partial charge in [0.1, 0.15) is 0 Å². The fourth-order valence-corrected chi connectivity index (χ4v) is 3.57. The van der Waals surface area contributed by atoms with E-state index in [0.717, 1.165) is 31.6 Å². The molecular formula is C11H19NO2S. The molecule has 0 saturated carbocycles. The number of thioether (sulfide) groups is 1. The summed E-state index contributed by atoms with van der Waals surface area (Å²) in [4.78, 5) is 14.0. The van der Waals surface area contributed by atoms with Crippen LogP contribution in [0.15, 0.2) is 0 Å². The highest BCUT2D eigenvalue weighted by Crippen LogP contribution is 2.27. The molecule has 2 aliphatic rings. The van der Waals surface area contributed by atoms with E-state index in [4.69, 9.17) is 0 Å². The minimum atomic E-state index is -0.295. The third-order valence-electron chi connectivity index (χ3n) is 3.16. The Labute approximate surface area is 95.2 Å². The second-order valence-corrected chi connectivity index (χ2v) is 5.75. The van der Waals surface area contributed by atoms with Gasteiger partial charge in [0.05, 0.1) is 11.4 Å². The molecule has 0 aromatic heterocycles. The van der Waals surface area contributed by atoms with Gasteiger partial charge in [-0.3, -0.25) is 4.79 Å². The maximum absolute atomic E-state index is 12.1. The van der Waals surface area contributed by atoms with Crippen molar-refractivity contribution in [2.24, 2.45) is 0 Å². The number of piperidine rings is 1. The number of hydrogen-bond acceptors (Lipinski definition) is 3.